The summed E-state index contributed by atoms with van der Waals surface area (Å²) in [6.07, 6.45) is 4.73. The fourth-order valence-electron chi connectivity index (χ4n) is 2.32. The van der Waals surface area contributed by atoms with Gasteiger partial charge in [-0.2, -0.15) is 5.10 Å². The van der Waals surface area contributed by atoms with Crippen molar-refractivity contribution in [3.63, 3.8) is 0 Å². The van der Waals surface area contributed by atoms with Gasteiger partial charge in [-0.15, -0.1) is 0 Å². The number of rotatable bonds is 8. The van der Waals surface area contributed by atoms with E-state index < -0.39 is 5.97 Å². The van der Waals surface area contributed by atoms with Gasteiger partial charge in [0.2, 0.25) is 0 Å². The summed E-state index contributed by atoms with van der Waals surface area (Å²) in [5, 5.41) is 13.3. The molecule has 1 aromatic heterocycles. The van der Waals surface area contributed by atoms with E-state index in [-0.39, 0.29) is 6.54 Å². The van der Waals surface area contributed by atoms with Crippen LogP contribution in [-0.2, 0) is 17.9 Å². The van der Waals surface area contributed by atoms with Gasteiger partial charge in [-0.1, -0.05) is 37.3 Å². The van der Waals surface area contributed by atoms with Crippen LogP contribution in [0.2, 0.25) is 0 Å². The number of carbonyl (C=O) groups is 1. The SMILES string of the molecule is CCCN(CC(=O)O)Cc1cnn(Cc2ccccc2)c1. The largest absolute Gasteiger partial charge is 0.480 e. The number of benzene rings is 1. The van der Waals surface area contributed by atoms with Crippen LogP contribution in [-0.4, -0.2) is 38.8 Å². The number of carboxylic acid groups (broad SMARTS) is 1. The van der Waals surface area contributed by atoms with Crippen LogP contribution in [0.1, 0.15) is 24.5 Å². The molecule has 21 heavy (non-hydrogen) atoms. The van der Waals surface area contributed by atoms with Gasteiger partial charge in [0.15, 0.2) is 0 Å². The number of nitrogens with zero attached hydrogens (tertiary/aromatic N) is 3. The van der Waals surface area contributed by atoms with Crippen molar-refractivity contribution in [2.75, 3.05) is 13.1 Å². The molecule has 0 aliphatic rings. The van der Waals surface area contributed by atoms with Crippen molar-refractivity contribution in [2.24, 2.45) is 0 Å². The Morgan fingerprint density at radius 2 is 2.05 bits per heavy atom. The van der Waals surface area contributed by atoms with Crippen LogP contribution in [0.3, 0.4) is 0 Å². The quantitative estimate of drug-likeness (QED) is 0.809. The zero-order chi connectivity index (χ0) is 15.1. The predicted octanol–water partition coefficient (Wildman–Crippen LogP) is 2.23. The zero-order valence-electron chi connectivity index (χ0n) is 12.3. The lowest BCUT2D eigenvalue weighted by Gasteiger charge is -2.18. The molecule has 1 heterocycles. The summed E-state index contributed by atoms with van der Waals surface area (Å²) in [4.78, 5) is 12.8. The molecule has 0 bridgehead atoms. The van der Waals surface area contributed by atoms with E-state index in [0.717, 1.165) is 25.1 Å². The molecule has 0 saturated heterocycles. The molecule has 1 N–H and O–H groups in total. The van der Waals surface area contributed by atoms with E-state index >= 15 is 0 Å². The second-order valence-electron chi connectivity index (χ2n) is 5.14. The van der Waals surface area contributed by atoms with Gasteiger partial charge in [0.05, 0.1) is 19.3 Å². The third-order valence-corrected chi connectivity index (χ3v) is 3.18. The monoisotopic (exact) mass is 287 g/mol. The summed E-state index contributed by atoms with van der Waals surface area (Å²) in [7, 11) is 0. The first-order chi connectivity index (χ1) is 10.2. The first-order valence-corrected chi connectivity index (χ1v) is 7.16. The van der Waals surface area contributed by atoms with Crippen molar-refractivity contribution < 1.29 is 9.90 Å². The highest BCUT2D eigenvalue weighted by atomic mass is 16.4. The van der Waals surface area contributed by atoms with Crippen LogP contribution < -0.4 is 0 Å². The Balaban J connectivity index is 1.96. The van der Waals surface area contributed by atoms with Crippen LogP contribution in [0.5, 0.6) is 0 Å². The molecular formula is C16H21N3O2. The molecule has 0 aliphatic heterocycles. The maximum Gasteiger partial charge on any atom is 0.317 e. The summed E-state index contributed by atoms with van der Waals surface area (Å²) >= 11 is 0. The van der Waals surface area contributed by atoms with E-state index in [9.17, 15) is 4.79 Å². The molecule has 0 saturated carbocycles. The molecule has 5 heteroatoms. The lowest BCUT2D eigenvalue weighted by Crippen LogP contribution is -2.29. The fourth-order valence-corrected chi connectivity index (χ4v) is 2.32. The molecule has 2 aromatic rings. The van der Waals surface area contributed by atoms with E-state index in [1.165, 1.54) is 5.56 Å². The number of aromatic nitrogens is 2. The molecule has 0 atom stereocenters. The Labute approximate surface area is 124 Å². The lowest BCUT2D eigenvalue weighted by molar-refractivity contribution is -0.138. The molecule has 1 aromatic carbocycles. The first-order valence-electron chi connectivity index (χ1n) is 7.16. The van der Waals surface area contributed by atoms with Crippen LogP contribution in [0, 0.1) is 0 Å². The van der Waals surface area contributed by atoms with Gasteiger partial charge in [0.1, 0.15) is 0 Å². The Morgan fingerprint density at radius 3 is 2.71 bits per heavy atom. The van der Waals surface area contributed by atoms with Gasteiger partial charge >= 0.3 is 5.97 Å². The van der Waals surface area contributed by atoms with E-state index in [0.29, 0.717) is 6.54 Å². The van der Waals surface area contributed by atoms with E-state index in [2.05, 4.69) is 17.2 Å². The van der Waals surface area contributed by atoms with Crippen molar-refractivity contribution in [3.8, 4) is 0 Å². The van der Waals surface area contributed by atoms with E-state index in [4.69, 9.17) is 5.11 Å². The smallest absolute Gasteiger partial charge is 0.317 e. The maximum absolute atomic E-state index is 10.9. The maximum atomic E-state index is 10.9. The average molecular weight is 287 g/mol. The van der Waals surface area contributed by atoms with E-state index in [1.54, 1.807) is 0 Å². The highest BCUT2D eigenvalue weighted by molar-refractivity contribution is 5.69. The number of hydrogen-bond acceptors (Lipinski definition) is 3. The van der Waals surface area contributed by atoms with Crippen molar-refractivity contribution >= 4 is 5.97 Å². The molecule has 0 amide bonds. The van der Waals surface area contributed by atoms with Crippen molar-refractivity contribution in [1.82, 2.24) is 14.7 Å². The predicted molar refractivity (Wildman–Crippen MR) is 81.0 cm³/mol. The molecule has 5 nitrogen and oxygen atoms in total. The average Bonchev–Trinajstić information content (AvgIpc) is 2.86. The van der Waals surface area contributed by atoms with Crippen LogP contribution >= 0.6 is 0 Å². The topological polar surface area (TPSA) is 58.4 Å². The minimum atomic E-state index is -0.792. The molecule has 0 radical (unpaired) electrons. The minimum absolute atomic E-state index is 0.0672. The Hall–Kier alpha value is -2.14. The number of hydrogen-bond donors (Lipinski definition) is 1. The minimum Gasteiger partial charge on any atom is -0.480 e. The van der Waals surface area contributed by atoms with Gasteiger partial charge in [0, 0.05) is 18.3 Å². The van der Waals surface area contributed by atoms with Crippen LogP contribution in [0.4, 0.5) is 0 Å². The standard InChI is InChI=1S/C16H21N3O2/c1-2-8-18(13-16(20)21)10-15-9-17-19(12-15)11-14-6-4-3-5-7-14/h3-7,9,12H,2,8,10-11,13H2,1H3,(H,20,21). The number of carboxylic acids is 1. The molecule has 112 valence electrons. The summed E-state index contributed by atoms with van der Waals surface area (Å²) in [6, 6.07) is 10.1. The van der Waals surface area contributed by atoms with Gasteiger partial charge < -0.3 is 5.11 Å². The van der Waals surface area contributed by atoms with Crippen LogP contribution in [0.15, 0.2) is 42.7 Å². The highest BCUT2D eigenvalue weighted by Crippen LogP contribution is 2.07. The summed E-state index contributed by atoms with van der Waals surface area (Å²) in [5.41, 5.74) is 2.24. The zero-order valence-corrected chi connectivity index (χ0v) is 12.3. The normalized spacial score (nSPS) is 11.0. The Morgan fingerprint density at radius 1 is 1.29 bits per heavy atom. The summed E-state index contributed by atoms with van der Waals surface area (Å²) < 4.78 is 1.88. The number of aliphatic carboxylic acids is 1. The molecule has 0 fully saturated rings. The van der Waals surface area contributed by atoms with Crippen molar-refractivity contribution in [1.29, 1.82) is 0 Å². The fraction of sp³-hybridized carbons (Fsp3) is 0.375. The second-order valence-corrected chi connectivity index (χ2v) is 5.14. The van der Waals surface area contributed by atoms with Gasteiger partial charge in [-0.05, 0) is 18.5 Å². The summed E-state index contributed by atoms with van der Waals surface area (Å²) in [6.45, 7) is 4.24. The second kappa shape index (κ2) is 7.59. The highest BCUT2D eigenvalue weighted by Gasteiger charge is 2.10. The first kappa shape index (κ1) is 15.3. The molecule has 0 aliphatic carbocycles. The Kier molecular flexibility index (Phi) is 5.51. The third kappa shape index (κ3) is 5.04. The van der Waals surface area contributed by atoms with Gasteiger partial charge in [-0.25, -0.2) is 0 Å². The van der Waals surface area contributed by atoms with Gasteiger partial charge in [-0.3, -0.25) is 14.4 Å². The molecular weight excluding hydrogens is 266 g/mol. The van der Waals surface area contributed by atoms with E-state index in [1.807, 2.05) is 47.1 Å². The Bertz CT molecular complexity index is 566. The van der Waals surface area contributed by atoms with Crippen molar-refractivity contribution in [2.45, 2.75) is 26.4 Å². The van der Waals surface area contributed by atoms with Gasteiger partial charge in [0.25, 0.3) is 0 Å². The van der Waals surface area contributed by atoms with Crippen molar-refractivity contribution in [3.05, 3.63) is 53.9 Å². The molecule has 0 unspecified atom stereocenters. The molecule has 2 rings (SSSR count). The third-order valence-electron chi connectivity index (χ3n) is 3.18. The van der Waals surface area contributed by atoms with Crippen LogP contribution in [0.25, 0.3) is 0 Å². The molecule has 0 spiro atoms. The lowest BCUT2D eigenvalue weighted by atomic mass is 10.2. The summed E-state index contributed by atoms with van der Waals surface area (Å²) in [5.74, 6) is -0.792.